The minimum absolute atomic E-state index is 0.222. The Morgan fingerprint density at radius 3 is 2.19 bits per heavy atom. The van der Waals surface area contributed by atoms with Gasteiger partial charge in [-0.15, -0.1) is 0 Å². The third-order valence-corrected chi connectivity index (χ3v) is 2.87. The molecular weight excluding hydrogens is 200 g/mol. The van der Waals surface area contributed by atoms with Gasteiger partial charge in [0.15, 0.2) is 0 Å². The fraction of sp³-hybridized carbons (Fsp3) is 0.923. The smallest absolute Gasteiger partial charge is 0.219 e. The number of hydrogen-bond acceptors (Lipinski definition) is 2. The molecule has 0 radical (unpaired) electrons. The van der Waals surface area contributed by atoms with Crippen molar-refractivity contribution in [3.05, 3.63) is 0 Å². The standard InChI is InChI=1S/C11H22N2O.C2H6/c1-9(2)12-8-11-4-6-13(7-5-11)10(3)14;1-2/h9,11-12H,4-8H2,1-3H3;1-2H3. The first-order valence-corrected chi connectivity index (χ1v) is 6.58. The van der Waals surface area contributed by atoms with E-state index in [-0.39, 0.29) is 5.91 Å². The summed E-state index contributed by atoms with van der Waals surface area (Å²) in [6.45, 7) is 13.0. The van der Waals surface area contributed by atoms with Gasteiger partial charge >= 0.3 is 0 Å². The van der Waals surface area contributed by atoms with Crippen molar-refractivity contribution < 1.29 is 4.79 Å². The van der Waals surface area contributed by atoms with E-state index in [1.54, 1.807) is 6.92 Å². The van der Waals surface area contributed by atoms with Gasteiger partial charge in [-0.2, -0.15) is 0 Å². The van der Waals surface area contributed by atoms with Gasteiger partial charge < -0.3 is 10.2 Å². The molecule has 16 heavy (non-hydrogen) atoms. The maximum absolute atomic E-state index is 11.1. The highest BCUT2D eigenvalue weighted by atomic mass is 16.2. The van der Waals surface area contributed by atoms with E-state index < -0.39 is 0 Å². The van der Waals surface area contributed by atoms with Crippen LogP contribution in [0.15, 0.2) is 0 Å². The van der Waals surface area contributed by atoms with E-state index in [1.165, 1.54) is 0 Å². The summed E-state index contributed by atoms with van der Waals surface area (Å²) in [4.78, 5) is 13.0. The molecule has 1 fully saturated rings. The number of amides is 1. The summed E-state index contributed by atoms with van der Waals surface area (Å²) >= 11 is 0. The van der Waals surface area contributed by atoms with Gasteiger partial charge in [-0.05, 0) is 25.3 Å². The minimum Gasteiger partial charge on any atom is -0.343 e. The van der Waals surface area contributed by atoms with Crippen molar-refractivity contribution in [2.24, 2.45) is 5.92 Å². The van der Waals surface area contributed by atoms with Crippen LogP contribution in [0.4, 0.5) is 0 Å². The highest BCUT2D eigenvalue weighted by molar-refractivity contribution is 5.73. The van der Waals surface area contributed by atoms with Crippen LogP contribution in [0.1, 0.15) is 47.5 Å². The average Bonchev–Trinajstić information content (AvgIpc) is 2.29. The lowest BCUT2D eigenvalue weighted by atomic mass is 9.96. The van der Waals surface area contributed by atoms with Crippen LogP contribution in [0.5, 0.6) is 0 Å². The predicted molar refractivity (Wildman–Crippen MR) is 69.5 cm³/mol. The Morgan fingerprint density at radius 2 is 1.81 bits per heavy atom. The largest absolute Gasteiger partial charge is 0.343 e. The van der Waals surface area contributed by atoms with Gasteiger partial charge in [0.25, 0.3) is 0 Å². The first-order chi connectivity index (χ1) is 7.59. The lowest BCUT2D eigenvalue weighted by Crippen LogP contribution is -2.40. The molecule has 0 aliphatic carbocycles. The molecule has 0 aromatic rings. The zero-order valence-electron chi connectivity index (χ0n) is 11.5. The molecule has 1 amide bonds. The van der Waals surface area contributed by atoms with Crippen LogP contribution in [-0.2, 0) is 4.79 Å². The van der Waals surface area contributed by atoms with Crippen LogP contribution in [-0.4, -0.2) is 36.5 Å². The van der Waals surface area contributed by atoms with E-state index in [2.05, 4.69) is 19.2 Å². The van der Waals surface area contributed by atoms with E-state index in [4.69, 9.17) is 0 Å². The van der Waals surface area contributed by atoms with E-state index in [0.717, 1.165) is 38.4 Å². The van der Waals surface area contributed by atoms with Gasteiger partial charge in [0.2, 0.25) is 5.91 Å². The third kappa shape index (κ3) is 6.11. The molecule has 1 rings (SSSR count). The molecule has 0 bridgehead atoms. The molecular formula is C13H28N2O. The van der Waals surface area contributed by atoms with Gasteiger partial charge in [-0.1, -0.05) is 27.7 Å². The summed E-state index contributed by atoms with van der Waals surface area (Å²) in [5.74, 6) is 0.980. The molecule has 3 heteroatoms. The topological polar surface area (TPSA) is 32.3 Å². The maximum Gasteiger partial charge on any atom is 0.219 e. The van der Waals surface area contributed by atoms with E-state index in [0.29, 0.717) is 6.04 Å². The minimum atomic E-state index is 0.222. The normalized spacial score (nSPS) is 17.0. The Hall–Kier alpha value is -0.570. The number of carbonyl (C=O) groups is 1. The number of nitrogens with one attached hydrogen (secondary N) is 1. The number of hydrogen-bond donors (Lipinski definition) is 1. The maximum atomic E-state index is 11.1. The van der Waals surface area contributed by atoms with Crippen LogP contribution in [0, 0.1) is 5.92 Å². The quantitative estimate of drug-likeness (QED) is 0.803. The summed E-state index contributed by atoms with van der Waals surface area (Å²) in [5.41, 5.74) is 0. The number of piperidine rings is 1. The summed E-state index contributed by atoms with van der Waals surface area (Å²) in [6.07, 6.45) is 2.30. The highest BCUT2D eigenvalue weighted by Gasteiger charge is 2.20. The number of rotatable bonds is 3. The first-order valence-electron chi connectivity index (χ1n) is 6.58. The molecule has 0 saturated carbocycles. The number of likely N-dealkylation sites (tertiary alicyclic amines) is 1. The first kappa shape index (κ1) is 15.4. The van der Waals surface area contributed by atoms with Crippen molar-refractivity contribution in [3.8, 4) is 0 Å². The molecule has 0 aromatic heterocycles. The second kappa shape index (κ2) is 8.57. The molecule has 1 aliphatic heterocycles. The van der Waals surface area contributed by atoms with Gasteiger partial charge in [-0.3, -0.25) is 4.79 Å². The molecule has 3 nitrogen and oxygen atoms in total. The van der Waals surface area contributed by atoms with Crippen molar-refractivity contribution in [1.82, 2.24) is 10.2 Å². The molecule has 1 saturated heterocycles. The summed E-state index contributed by atoms with van der Waals surface area (Å²) in [7, 11) is 0. The molecule has 96 valence electrons. The molecule has 0 atom stereocenters. The van der Waals surface area contributed by atoms with Crippen molar-refractivity contribution in [1.29, 1.82) is 0 Å². The van der Waals surface area contributed by atoms with Crippen LogP contribution < -0.4 is 5.32 Å². The van der Waals surface area contributed by atoms with Gasteiger partial charge in [-0.25, -0.2) is 0 Å². The number of nitrogens with zero attached hydrogens (tertiary/aromatic N) is 1. The second-order valence-corrected chi connectivity index (χ2v) is 4.51. The predicted octanol–water partition coefficient (Wildman–Crippen LogP) is 2.27. The SMILES string of the molecule is CC.CC(=O)N1CCC(CNC(C)C)CC1. The number of carbonyl (C=O) groups excluding carboxylic acids is 1. The second-order valence-electron chi connectivity index (χ2n) is 4.51. The van der Waals surface area contributed by atoms with E-state index >= 15 is 0 Å². The van der Waals surface area contributed by atoms with Crippen molar-refractivity contribution in [2.75, 3.05) is 19.6 Å². The molecule has 0 spiro atoms. The van der Waals surface area contributed by atoms with Crippen molar-refractivity contribution in [2.45, 2.75) is 53.5 Å². The Labute approximate surface area is 101 Å². The molecule has 1 aliphatic rings. The zero-order valence-corrected chi connectivity index (χ0v) is 11.5. The molecule has 0 unspecified atom stereocenters. The van der Waals surface area contributed by atoms with Crippen molar-refractivity contribution in [3.63, 3.8) is 0 Å². The van der Waals surface area contributed by atoms with Gasteiger partial charge in [0.05, 0.1) is 0 Å². The third-order valence-electron chi connectivity index (χ3n) is 2.87. The van der Waals surface area contributed by atoms with Gasteiger partial charge in [0.1, 0.15) is 0 Å². The van der Waals surface area contributed by atoms with Crippen LogP contribution in [0.2, 0.25) is 0 Å². The van der Waals surface area contributed by atoms with Crippen LogP contribution >= 0.6 is 0 Å². The molecule has 1 N–H and O–H groups in total. The van der Waals surface area contributed by atoms with E-state index in [9.17, 15) is 4.79 Å². The highest BCUT2D eigenvalue weighted by Crippen LogP contribution is 2.16. The van der Waals surface area contributed by atoms with Crippen molar-refractivity contribution >= 4 is 5.91 Å². The Bertz CT molecular complexity index is 184. The average molecular weight is 228 g/mol. The summed E-state index contributed by atoms with van der Waals surface area (Å²) in [6, 6.07) is 0.570. The zero-order chi connectivity index (χ0) is 12.6. The lowest BCUT2D eigenvalue weighted by molar-refractivity contribution is -0.130. The monoisotopic (exact) mass is 228 g/mol. The Balaban J connectivity index is 0.00000106. The summed E-state index contributed by atoms with van der Waals surface area (Å²) < 4.78 is 0. The van der Waals surface area contributed by atoms with E-state index in [1.807, 2.05) is 18.7 Å². The fourth-order valence-electron chi connectivity index (χ4n) is 1.85. The van der Waals surface area contributed by atoms with Crippen LogP contribution in [0.25, 0.3) is 0 Å². The Kier molecular flexibility index (Phi) is 8.26. The molecule has 1 heterocycles. The lowest BCUT2D eigenvalue weighted by Gasteiger charge is -2.31. The summed E-state index contributed by atoms with van der Waals surface area (Å²) in [5, 5.41) is 3.46. The molecule has 0 aromatic carbocycles. The Morgan fingerprint density at radius 1 is 1.31 bits per heavy atom. The van der Waals surface area contributed by atoms with Crippen LogP contribution in [0.3, 0.4) is 0 Å². The fourth-order valence-corrected chi connectivity index (χ4v) is 1.85. The van der Waals surface area contributed by atoms with Gasteiger partial charge in [0, 0.05) is 26.1 Å².